The maximum absolute atomic E-state index is 12.5. The number of hydrogen-bond acceptors (Lipinski definition) is 9. The second-order valence-corrected chi connectivity index (χ2v) is 8.53. The molecule has 0 saturated heterocycles. The molecule has 1 saturated carbocycles. The number of hydrogen-bond donors (Lipinski definition) is 3. The number of aliphatic hydroxyl groups excluding tert-OH is 1. The minimum Gasteiger partial charge on any atom is -0.539 e. The predicted molar refractivity (Wildman–Crippen MR) is 128 cm³/mol. The average molecular weight is 514 g/mol. The molecule has 0 spiro atoms. The first kappa shape index (κ1) is 31.0. The zero-order valence-corrected chi connectivity index (χ0v) is 21.5. The number of Topliss-reactive ketones (excluding diaryl/α,β-unsaturated/α-hetero) is 1. The summed E-state index contributed by atoms with van der Waals surface area (Å²) in [5.41, 5.74) is 0. The number of rotatable bonds is 13. The number of aliphatic hydroxyl groups is 1. The standard InChI is InChI=1S/C23H37NO6.C2H2O4/c1-5-24(12-11-20(26)17-9-7-6-8-10-17)15-18(25)16-30-19-13-21(27-2)23(29-4)22(14-19)28-3;3-1(4)2(5)6/h13-14,17-18,25H,5-12,15-16H2,1-4H3;(H,3,4)(H,5,6). The number of ketones is 1. The quantitative estimate of drug-likeness (QED) is 0.300. The van der Waals surface area contributed by atoms with Crippen LogP contribution in [0.3, 0.4) is 0 Å². The number of benzene rings is 1. The van der Waals surface area contributed by atoms with E-state index < -0.39 is 18.0 Å². The summed E-state index contributed by atoms with van der Waals surface area (Å²) in [7, 11) is 4.64. The molecule has 2 rings (SSSR count). The zero-order valence-electron chi connectivity index (χ0n) is 21.5. The van der Waals surface area contributed by atoms with Crippen molar-refractivity contribution in [1.82, 2.24) is 0 Å². The molecule has 1 aromatic rings. The normalized spacial score (nSPS) is 15.0. The van der Waals surface area contributed by atoms with Crippen LogP contribution < -0.4 is 29.0 Å². The molecule has 0 heterocycles. The summed E-state index contributed by atoms with van der Waals surface area (Å²) in [5, 5.41) is 26.8. The Morgan fingerprint density at radius 3 is 2.06 bits per heavy atom. The molecule has 2 atom stereocenters. The largest absolute Gasteiger partial charge is 0.539 e. The van der Waals surface area contributed by atoms with Gasteiger partial charge in [-0.1, -0.05) is 19.3 Å². The fourth-order valence-corrected chi connectivity index (χ4v) is 4.08. The van der Waals surface area contributed by atoms with Gasteiger partial charge in [-0.05, 0) is 19.8 Å². The van der Waals surface area contributed by atoms with Gasteiger partial charge in [-0.3, -0.25) is 4.79 Å². The van der Waals surface area contributed by atoms with Gasteiger partial charge in [0, 0.05) is 18.1 Å². The average Bonchev–Trinajstić information content (AvgIpc) is 2.89. The first-order valence-electron chi connectivity index (χ1n) is 12.1. The molecule has 0 aromatic heterocycles. The van der Waals surface area contributed by atoms with Crippen molar-refractivity contribution in [3.63, 3.8) is 0 Å². The molecule has 0 amide bonds. The molecule has 36 heavy (non-hydrogen) atoms. The van der Waals surface area contributed by atoms with Crippen molar-refractivity contribution in [3.8, 4) is 23.0 Å². The number of ether oxygens (including phenoxy) is 4. The molecule has 0 radical (unpaired) electrons. The zero-order chi connectivity index (χ0) is 27.1. The first-order chi connectivity index (χ1) is 17.2. The van der Waals surface area contributed by atoms with Crippen molar-refractivity contribution >= 4 is 17.7 Å². The van der Waals surface area contributed by atoms with E-state index in [2.05, 4.69) is 6.92 Å². The van der Waals surface area contributed by atoms with Crippen LogP contribution in [0.1, 0.15) is 45.4 Å². The number of carbonyl (C=O) groups excluding carboxylic acids is 2. The van der Waals surface area contributed by atoms with Crippen molar-refractivity contribution in [2.45, 2.75) is 51.6 Å². The lowest BCUT2D eigenvalue weighted by molar-refractivity contribution is -0.900. The van der Waals surface area contributed by atoms with E-state index in [1.165, 1.54) is 24.2 Å². The SMILES string of the molecule is CC[NH+](CCC(=O)C1CCCCC1)CC(O)COc1cc(OC)c(OC)c(OC)c1.O=C([O-])C(=O)O. The molecular weight excluding hydrogens is 474 g/mol. The van der Waals surface area contributed by atoms with Crippen molar-refractivity contribution in [3.05, 3.63) is 12.1 Å². The summed E-state index contributed by atoms with van der Waals surface area (Å²) in [6.07, 6.45) is 5.67. The Morgan fingerprint density at radius 1 is 1.06 bits per heavy atom. The number of quaternary nitrogens is 1. The molecule has 11 heteroatoms. The minimum absolute atomic E-state index is 0.151. The third-order valence-electron chi connectivity index (χ3n) is 6.07. The lowest BCUT2D eigenvalue weighted by Gasteiger charge is -2.23. The summed E-state index contributed by atoms with van der Waals surface area (Å²) >= 11 is 0. The van der Waals surface area contributed by atoms with E-state index >= 15 is 0 Å². The van der Waals surface area contributed by atoms with E-state index in [0.717, 1.165) is 25.9 Å². The molecular formula is C25H39NO10. The summed E-state index contributed by atoms with van der Waals surface area (Å²) in [4.78, 5) is 31.7. The number of carbonyl (C=O) groups is 3. The fraction of sp³-hybridized carbons (Fsp3) is 0.640. The van der Waals surface area contributed by atoms with E-state index in [0.29, 0.717) is 41.7 Å². The Hall–Kier alpha value is -3.05. The first-order valence-corrected chi connectivity index (χ1v) is 12.1. The third kappa shape index (κ3) is 10.7. The summed E-state index contributed by atoms with van der Waals surface area (Å²) < 4.78 is 21.7. The second kappa shape index (κ2) is 16.6. The van der Waals surface area contributed by atoms with Gasteiger partial charge in [0.05, 0.1) is 40.8 Å². The van der Waals surface area contributed by atoms with Crippen molar-refractivity contribution in [1.29, 1.82) is 0 Å². The number of nitrogens with one attached hydrogen (secondary N) is 1. The Morgan fingerprint density at radius 2 is 1.61 bits per heavy atom. The van der Waals surface area contributed by atoms with E-state index in [4.69, 9.17) is 38.7 Å². The maximum atomic E-state index is 12.5. The van der Waals surface area contributed by atoms with Gasteiger partial charge < -0.3 is 44.0 Å². The van der Waals surface area contributed by atoms with Gasteiger partial charge in [0.25, 0.3) is 0 Å². The van der Waals surface area contributed by atoms with Crippen LogP contribution in [0, 0.1) is 5.92 Å². The number of carboxylic acid groups (broad SMARTS) is 2. The lowest BCUT2D eigenvalue weighted by atomic mass is 9.85. The topological polar surface area (TPSA) is 156 Å². The summed E-state index contributed by atoms with van der Waals surface area (Å²) in [6.45, 7) is 4.39. The van der Waals surface area contributed by atoms with E-state index in [9.17, 15) is 9.90 Å². The molecule has 0 aliphatic heterocycles. The van der Waals surface area contributed by atoms with Gasteiger partial charge >= 0.3 is 5.97 Å². The number of likely N-dealkylation sites (N-methyl/N-ethyl adjacent to an activating group) is 1. The molecule has 1 fully saturated rings. The highest BCUT2D eigenvalue weighted by atomic mass is 16.5. The Balaban J connectivity index is 0.000000960. The van der Waals surface area contributed by atoms with Crippen molar-refractivity contribution in [2.75, 3.05) is 47.6 Å². The van der Waals surface area contributed by atoms with Gasteiger partial charge in [0.15, 0.2) is 17.5 Å². The smallest absolute Gasteiger partial charge is 0.351 e. The Kier molecular flexibility index (Phi) is 14.3. The fourth-order valence-electron chi connectivity index (χ4n) is 4.08. The minimum atomic E-state index is -2.07. The van der Waals surface area contributed by atoms with Crippen LogP contribution in [-0.4, -0.2) is 81.6 Å². The molecule has 204 valence electrons. The third-order valence-corrected chi connectivity index (χ3v) is 6.07. The van der Waals surface area contributed by atoms with E-state index in [-0.39, 0.29) is 12.5 Å². The number of methoxy groups -OCH3 is 3. The predicted octanol–water partition coefficient (Wildman–Crippen LogP) is -0.283. The van der Waals surface area contributed by atoms with Gasteiger partial charge in [-0.25, -0.2) is 4.79 Å². The van der Waals surface area contributed by atoms with Crippen molar-refractivity contribution < 1.29 is 53.6 Å². The van der Waals surface area contributed by atoms with Crippen LogP contribution in [-0.2, 0) is 14.4 Å². The van der Waals surface area contributed by atoms with E-state index in [1.807, 2.05) is 0 Å². The van der Waals surface area contributed by atoms with Crippen LogP contribution in [0.5, 0.6) is 23.0 Å². The van der Waals surface area contributed by atoms with Gasteiger partial charge in [-0.2, -0.15) is 0 Å². The van der Waals surface area contributed by atoms with Gasteiger partial charge in [-0.15, -0.1) is 0 Å². The van der Waals surface area contributed by atoms with Crippen LogP contribution in [0.15, 0.2) is 12.1 Å². The molecule has 2 unspecified atom stereocenters. The highest BCUT2D eigenvalue weighted by molar-refractivity contribution is 6.26. The molecule has 0 bridgehead atoms. The Bertz CT molecular complexity index is 801. The summed E-state index contributed by atoms with van der Waals surface area (Å²) in [5.74, 6) is -1.32. The van der Waals surface area contributed by atoms with E-state index in [1.54, 1.807) is 33.5 Å². The number of aliphatic carboxylic acids is 2. The van der Waals surface area contributed by atoms with Gasteiger partial charge in [0.2, 0.25) is 5.75 Å². The van der Waals surface area contributed by atoms with Crippen LogP contribution in [0.2, 0.25) is 0 Å². The number of carboxylic acids is 2. The van der Waals surface area contributed by atoms with Crippen LogP contribution in [0.4, 0.5) is 0 Å². The molecule has 1 aromatic carbocycles. The van der Waals surface area contributed by atoms with Crippen LogP contribution >= 0.6 is 0 Å². The molecule has 11 nitrogen and oxygen atoms in total. The lowest BCUT2D eigenvalue weighted by Crippen LogP contribution is -3.13. The highest BCUT2D eigenvalue weighted by Crippen LogP contribution is 2.40. The summed E-state index contributed by atoms with van der Waals surface area (Å²) in [6, 6.07) is 3.42. The molecule has 1 aliphatic rings. The highest BCUT2D eigenvalue weighted by Gasteiger charge is 2.23. The molecule has 1 aliphatic carbocycles. The monoisotopic (exact) mass is 513 g/mol. The second-order valence-electron chi connectivity index (χ2n) is 8.53. The van der Waals surface area contributed by atoms with Crippen molar-refractivity contribution in [2.24, 2.45) is 5.92 Å². The van der Waals surface area contributed by atoms with Gasteiger partial charge in [0.1, 0.15) is 30.8 Å². The Labute approximate surface area is 211 Å². The maximum Gasteiger partial charge on any atom is 0.351 e. The van der Waals surface area contributed by atoms with Crippen LogP contribution in [0.25, 0.3) is 0 Å². The molecule has 3 N–H and O–H groups in total.